The molecule has 0 atom stereocenters. The summed E-state index contributed by atoms with van der Waals surface area (Å²) in [6.07, 6.45) is 4.86. The Bertz CT molecular complexity index is 941. The second-order valence-corrected chi connectivity index (χ2v) is 7.29. The first-order valence-electron chi connectivity index (χ1n) is 8.25. The van der Waals surface area contributed by atoms with Gasteiger partial charge in [0.05, 0.1) is 17.8 Å². The fraction of sp³-hybridized carbons (Fsp3) is 0.278. The second kappa shape index (κ2) is 7.75. The van der Waals surface area contributed by atoms with Gasteiger partial charge in [-0.3, -0.25) is 9.78 Å². The van der Waals surface area contributed by atoms with Crippen LogP contribution >= 0.6 is 11.3 Å². The Morgan fingerprint density at radius 2 is 2.00 bits per heavy atom. The molecule has 27 heavy (non-hydrogen) atoms. The Hall–Kier alpha value is -2.94. The van der Waals surface area contributed by atoms with Crippen LogP contribution < -0.4 is 10.6 Å². The van der Waals surface area contributed by atoms with E-state index in [9.17, 15) is 9.18 Å². The van der Waals surface area contributed by atoms with Gasteiger partial charge in [0.15, 0.2) is 0 Å². The largest absolute Gasteiger partial charge is 0.351 e. The van der Waals surface area contributed by atoms with Crippen LogP contribution in [0.2, 0.25) is 0 Å². The lowest BCUT2D eigenvalue weighted by molar-refractivity contribution is -0.119. The summed E-state index contributed by atoms with van der Waals surface area (Å²) in [5.74, 6) is -0.125. The first kappa shape index (κ1) is 18.8. The highest BCUT2D eigenvalue weighted by Gasteiger charge is 2.26. The summed E-state index contributed by atoms with van der Waals surface area (Å²) in [7, 11) is 0. The van der Waals surface area contributed by atoms with Gasteiger partial charge in [-0.15, -0.1) is 11.3 Å². The van der Waals surface area contributed by atoms with Gasteiger partial charge in [-0.1, -0.05) is 0 Å². The van der Waals surface area contributed by atoms with Gasteiger partial charge in [0, 0.05) is 36.5 Å². The molecule has 0 fully saturated rings. The summed E-state index contributed by atoms with van der Waals surface area (Å²) >= 11 is 1.45. The zero-order valence-corrected chi connectivity index (χ0v) is 16.0. The third-order valence-electron chi connectivity index (χ3n) is 3.74. The number of thiazole rings is 1. The van der Waals surface area contributed by atoms with E-state index in [0.29, 0.717) is 18.2 Å². The maximum atomic E-state index is 14.0. The molecule has 7 nitrogen and oxygen atoms in total. The monoisotopic (exact) mass is 386 g/mol. The van der Waals surface area contributed by atoms with Crippen LogP contribution in [0.3, 0.4) is 0 Å². The number of aromatic nitrogens is 4. The van der Waals surface area contributed by atoms with E-state index in [0.717, 1.165) is 16.3 Å². The molecule has 0 bridgehead atoms. The fourth-order valence-corrected chi connectivity index (χ4v) is 3.22. The van der Waals surface area contributed by atoms with Crippen molar-refractivity contribution in [2.24, 2.45) is 0 Å². The van der Waals surface area contributed by atoms with Gasteiger partial charge in [0.25, 0.3) is 0 Å². The van der Waals surface area contributed by atoms with Gasteiger partial charge in [0.1, 0.15) is 16.5 Å². The van der Waals surface area contributed by atoms with Crippen LogP contribution in [0.4, 0.5) is 10.3 Å². The standard InChI is InChI=1S/C18H19FN6OS/c1-11(26)21-9-13-10-27-16(24-13)12-7-22-17(23-8-12)25-18(2,3)15-14(19)5-4-6-20-15/h4-8,10H,9H2,1-3H3,(H,21,26)(H,22,23,25). The first-order valence-corrected chi connectivity index (χ1v) is 9.13. The molecule has 2 N–H and O–H groups in total. The molecule has 0 aliphatic heterocycles. The summed E-state index contributed by atoms with van der Waals surface area (Å²) in [5.41, 5.74) is 1.06. The molecule has 1 amide bonds. The summed E-state index contributed by atoms with van der Waals surface area (Å²) < 4.78 is 14.0. The average Bonchev–Trinajstić information content (AvgIpc) is 3.09. The highest BCUT2D eigenvalue weighted by atomic mass is 32.1. The molecule has 0 spiro atoms. The minimum absolute atomic E-state index is 0.102. The minimum Gasteiger partial charge on any atom is -0.351 e. The molecule has 0 saturated carbocycles. The van der Waals surface area contributed by atoms with Crippen LogP contribution in [0.5, 0.6) is 0 Å². The topological polar surface area (TPSA) is 92.7 Å². The number of pyridine rings is 1. The Kier molecular flexibility index (Phi) is 5.41. The lowest BCUT2D eigenvalue weighted by Crippen LogP contribution is -2.31. The quantitative estimate of drug-likeness (QED) is 0.676. The average molecular weight is 386 g/mol. The van der Waals surface area contributed by atoms with E-state index in [2.05, 4.69) is 30.6 Å². The number of nitrogens with zero attached hydrogens (tertiary/aromatic N) is 4. The van der Waals surface area contributed by atoms with Crippen LogP contribution in [-0.2, 0) is 16.9 Å². The number of hydrogen-bond acceptors (Lipinski definition) is 7. The summed E-state index contributed by atoms with van der Waals surface area (Å²) in [4.78, 5) is 28.2. The van der Waals surface area contributed by atoms with E-state index >= 15 is 0 Å². The van der Waals surface area contributed by atoms with Crippen LogP contribution in [0.1, 0.15) is 32.2 Å². The van der Waals surface area contributed by atoms with E-state index in [-0.39, 0.29) is 11.7 Å². The van der Waals surface area contributed by atoms with Crippen LogP contribution in [0.25, 0.3) is 10.6 Å². The van der Waals surface area contributed by atoms with Crippen molar-refractivity contribution >= 4 is 23.2 Å². The molecule has 140 valence electrons. The predicted molar refractivity (Wildman–Crippen MR) is 102 cm³/mol. The van der Waals surface area contributed by atoms with Gasteiger partial charge in [0.2, 0.25) is 11.9 Å². The SMILES string of the molecule is CC(=O)NCc1csc(-c2cnc(NC(C)(C)c3ncccc3F)nc2)n1. The van der Waals surface area contributed by atoms with Crippen molar-refractivity contribution < 1.29 is 9.18 Å². The van der Waals surface area contributed by atoms with E-state index in [1.54, 1.807) is 24.7 Å². The van der Waals surface area contributed by atoms with Crippen molar-refractivity contribution in [2.75, 3.05) is 5.32 Å². The Morgan fingerprint density at radius 3 is 2.67 bits per heavy atom. The van der Waals surface area contributed by atoms with Crippen molar-refractivity contribution in [3.63, 3.8) is 0 Å². The first-order chi connectivity index (χ1) is 12.8. The number of nitrogens with one attached hydrogen (secondary N) is 2. The molecule has 0 aliphatic rings. The number of amides is 1. The zero-order chi connectivity index (χ0) is 19.4. The Balaban J connectivity index is 1.72. The highest BCUT2D eigenvalue weighted by molar-refractivity contribution is 7.13. The van der Waals surface area contributed by atoms with Crippen molar-refractivity contribution in [2.45, 2.75) is 32.9 Å². The molecule has 0 unspecified atom stereocenters. The molecule has 0 saturated heterocycles. The molecular formula is C18H19FN6OS. The van der Waals surface area contributed by atoms with Crippen molar-refractivity contribution in [3.8, 4) is 10.6 Å². The maximum absolute atomic E-state index is 14.0. The molecule has 9 heteroatoms. The van der Waals surface area contributed by atoms with Crippen LogP contribution in [0, 0.1) is 5.82 Å². The maximum Gasteiger partial charge on any atom is 0.223 e. The number of rotatable bonds is 6. The third kappa shape index (κ3) is 4.62. The molecule has 3 aromatic rings. The number of halogens is 1. The summed E-state index contributed by atoms with van der Waals surface area (Å²) in [5, 5.41) is 8.45. The molecule has 3 rings (SSSR count). The van der Waals surface area contributed by atoms with Crippen molar-refractivity contribution in [1.29, 1.82) is 0 Å². The predicted octanol–water partition coefficient (Wildman–Crippen LogP) is 3.12. The van der Waals surface area contributed by atoms with E-state index in [1.165, 1.54) is 24.3 Å². The number of carbonyl (C=O) groups is 1. The van der Waals surface area contributed by atoms with E-state index in [1.807, 2.05) is 19.2 Å². The Morgan fingerprint density at radius 1 is 1.26 bits per heavy atom. The molecule has 0 aromatic carbocycles. The molecule has 3 heterocycles. The third-order valence-corrected chi connectivity index (χ3v) is 4.68. The van der Waals surface area contributed by atoms with Gasteiger partial charge in [-0.25, -0.2) is 19.3 Å². The van der Waals surface area contributed by atoms with Gasteiger partial charge >= 0.3 is 0 Å². The number of anilines is 1. The fourth-order valence-electron chi connectivity index (χ4n) is 2.42. The number of carbonyl (C=O) groups excluding carboxylic acids is 1. The summed E-state index contributed by atoms with van der Waals surface area (Å²) in [6, 6.07) is 2.92. The molecule has 3 aromatic heterocycles. The molecule has 0 radical (unpaired) electrons. The van der Waals surface area contributed by atoms with E-state index < -0.39 is 5.54 Å². The van der Waals surface area contributed by atoms with Crippen LogP contribution in [0.15, 0.2) is 36.1 Å². The summed E-state index contributed by atoms with van der Waals surface area (Å²) in [6.45, 7) is 5.47. The smallest absolute Gasteiger partial charge is 0.223 e. The molecule has 0 aliphatic carbocycles. The minimum atomic E-state index is -0.778. The molecular weight excluding hydrogens is 367 g/mol. The second-order valence-electron chi connectivity index (χ2n) is 6.43. The van der Waals surface area contributed by atoms with Crippen molar-refractivity contribution in [1.82, 2.24) is 25.3 Å². The lowest BCUT2D eigenvalue weighted by atomic mass is 9.99. The highest BCUT2D eigenvalue weighted by Crippen LogP contribution is 2.26. The number of hydrogen-bond donors (Lipinski definition) is 2. The van der Waals surface area contributed by atoms with Gasteiger partial charge in [-0.05, 0) is 26.0 Å². The van der Waals surface area contributed by atoms with Crippen molar-refractivity contribution in [3.05, 3.63) is 53.3 Å². The van der Waals surface area contributed by atoms with E-state index in [4.69, 9.17) is 0 Å². The lowest BCUT2D eigenvalue weighted by Gasteiger charge is -2.25. The normalized spacial score (nSPS) is 11.3. The Labute approximate surface area is 160 Å². The zero-order valence-electron chi connectivity index (χ0n) is 15.2. The van der Waals surface area contributed by atoms with Gasteiger partial charge < -0.3 is 10.6 Å². The van der Waals surface area contributed by atoms with Gasteiger partial charge in [-0.2, -0.15) is 0 Å². The van der Waals surface area contributed by atoms with Crippen LogP contribution in [-0.4, -0.2) is 25.8 Å².